The van der Waals surface area contributed by atoms with Gasteiger partial charge in [0.25, 0.3) is 0 Å². The summed E-state index contributed by atoms with van der Waals surface area (Å²) in [6.45, 7) is 3.30. The minimum Gasteiger partial charge on any atom is -0.361 e. The van der Waals surface area contributed by atoms with Crippen LogP contribution in [-0.4, -0.2) is 49.0 Å². The number of likely N-dealkylation sites (tertiary alicyclic amines) is 1. The molecule has 2 amide bonds. The zero-order valence-corrected chi connectivity index (χ0v) is 22.1. The van der Waals surface area contributed by atoms with Gasteiger partial charge in [0.2, 0.25) is 11.8 Å². The summed E-state index contributed by atoms with van der Waals surface area (Å²) in [5, 5.41) is 3.78. The lowest BCUT2D eigenvalue weighted by Gasteiger charge is -2.32. The number of rotatable bonds is 7. The minimum absolute atomic E-state index is 0.139. The molecule has 7 nitrogen and oxygen atoms in total. The van der Waals surface area contributed by atoms with Crippen LogP contribution in [0.15, 0.2) is 83.9 Å². The molecule has 0 saturated carbocycles. The lowest BCUT2D eigenvalue weighted by atomic mass is 9.89. The number of carbonyl (C=O) groups excluding carboxylic acids is 2. The van der Waals surface area contributed by atoms with Crippen molar-refractivity contribution in [3.05, 3.63) is 95.7 Å². The Labute approximate surface area is 222 Å². The molecule has 38 heavy (non-hydrogen) atoms. The standard InChI is InChI=1S/C30H31N3O4S/c1-21-6-12-26(13-7-21)38(36,37)20-29(34)32-25-10-8-22(9-11-25)23-14-16-33(17-15-23)30(35)18-24-19-31-28-5-3-2-4-27(24)28/h2-13,19,23,31H,14-18,20H2,1H3,(H,32,34). The van der Waals surface area contributed by atoms with Gasteiger partial charge >= 0.3 is 0 Å². The van der Waals surface area contributed by atoms with Gasteiger partial charge in [0.05, 0.1) is 11.3 Å². The van der Waals surface area contributed by atoms with E-state index < -0.39 is 21.5 Å². The van der Waals surface area contributed by atoms with Crippen LogP contribution in [0, 0.1) is 6.92 Å². The summed E-state index contributed by atoms with van der Waals surface area (Å²) in [5.74, 6) is -0.700. The van der Waals surface area contributed by atoms with E-state index in [1.165, 1.54) is 12.1 Å². The van der Waals surface area contributed by atoms with Gasteiger partial charge in [-0.25, -0.2) is 8.42 Å². The van der Waals surface area contributed by atoms with Crippen molar-refractivity contribution < 1.29 is 18.0 Å². The molecule has 3 aromatic carbocycles. The molecule has 1 aliphatic rings. The summed E-state index contributed by atoms with van der Waals surface area (Å²) in [6, 6.07) is 22.0. The summed E-state index contributed by atoms with van der Waals surface area (Å²) in [7, 11) is -3.71. The molecule has 0 spiro atoms. The van der Waals surface area contributed by atoms with E-state index in [1.54, 1.807) is 24.3 Å². The van der Waals surface area contributed by atoms with Crippen LogP contribution in [0.2, 0.25) is 0 Å². The van der Waals surface area contributed by atoms with E-state index >= 15 is 0 Å². The highest BCUT2D eigenvalue weighted by molar-refractivity contribution is 7.92. The van der Waals surface area contributed by atoms with E-state index in [4.69, 9.17) is 0 Å². The van der Waals surface area contributed by atoms with Crippen LogP contribution in [0.3, 0.4) is 0 Å². The number of nitrogens with zero attached hydrogens (tertiary/aromatic N) is 1. The summed E-state index contributed by atoms with van der Waals surface area (Å²) in [5.41, 5.74) is 4.73. The van der Waals surface area contributed by atoms with Gasteiger partial charge in [0.15, 0.2) is 9.84 Å². The Bertz CT molecular complexity index is 1550. The first-order valence-corrected chi connectivity index (χ1v) is 14.5. The predicted octanol–water partition coefficient (Wildman–Crippen LogP) is 4.84. The second-order valence-electron chi connectivity index (χ2n) is 9.93. The van der Waals surface area contributed by atoms with Crippen LogP contribution >= 0.6 is 0 Å². The lowest BCUT2D eigenvalue weighted by Crippen LogP contribution is -2.38. The zero-order valence-electron chi connectivity index (χ0n) is 21.3. The van der Waals surface area contributed by atoms with Crippen molar-refractivity contribution in [1.29, 1.82) is 0 Å². The van der Waals surface area contributed by atoms with Gasteiger partial charge in [-0.15, -0.1) is 0 Å². The molecule has 0 unspecified atom stereocenters. The van der Waals surface area contributed by atoms with E-state index in [2.05, 4.69) is 10.3 Å². The van der Waals surface area contributed by atoms with Crippen molar-refractivity contribution in [2.24, 2.45) is 0 Å². The number of benzene rings is 3. The third-order valence-electron chi connectivity index (χ3n) is 7.23. The van der Waals surface area contributed by atoms with E-state index in [0.29, 0.717) is 31.1 Å². The number of aromatic nitrogens is 1. The van der Waals surface area contributed by atoms with Crippen molar-refractivity contribution in [3.8, 4) is 0 Å². The monoisotopic (exact) mass is 529 g/mol. The fourth-order valence-electron chi connectivity index (χ4n) is 5.05. The Morgan fingerprint density at radius 1 is 0.947 bits per heavy atom. The van der Waals surface area contributed by atoms with Gasteiger partial charge in [0, 0.05) is 35.9 Å². The number of piperidine rings is 1. The predicted molar refractivity (Wildman–Crippen MR) is 149 cm³/mol. The third kappa shape index (κ3) is 5.81. The normalized spacial score (nSPS) is 14.5. The van der Waals surface area contributed by atoms with Crippen LogP contribution in [-0.2, 0) is 25.8 Å². The summed E-state index contributed by atoms with van der Waals surface area (Å²) < 4.78 is 25.1. The van der Waals surface area contributed by atoms with E-state index in [1.807, 2.05) is 54.4 Å². The van der Waals surface area contributed by atoms with Crippen molar-refractivity contribution in [3.63, 3.8) is 0 Å². The van der Waals surface area contributed by atoms with Crippen LogP contribution in [0.4, 0.5) is 5.69 Å². The smallest absolute Gasteiger partial charge is 0.239 e. The number of anilines is 1. The minimum atomic E-state index is -3.71. The Balaban J connectivity index is 1.12. The molecule has 4 aromatic rings. The number of aryl methyl sites for hydroxylation is 1. The molecule has 2 N–H and O–H groups in total. The molecule has 0 aliphatic carbocycles. The number of nitrogens with one attached hydrogen (secondary N) is 2. The lowest BCUT2D eigenvalue weighted by molar-refractivity contribution is -0.131. The van der Waals surface area contributed by atoms with Crippen LogP contribution in [0.1, 0.15) is 35.4 Å². The molecule has 1 fully saturated rings. The second-order valence-corrected chi connectivity index (χ2v) is 11.9. The van der Waals surface area contributed by atoms with Gasteiger partial charge in [-0.2, -0.15) is 0 Å². The molecule has 1 aliphatic heterocycles. The topological polar surface area (TPSA) is 99.3 Å². The van der Waals surface area contributed by atoms with Crippen LogP contribution < -0.4 is 5.32 Å². The molecular weight excluding hydrogens is 498 g/mol. The maximum atomic E-state index is 12.9. The quantitative estimate of drug-likeness (QED) is 0.358. The highest BCUT2D eigenvalue weighted by atomic mass is 32.2. The van der Waals surface area contributed by atoms with Gasteiger partial charge < -0.3 is 15.2 Å². The summed E-state index contributed by atoms with van der Waals surface area (Å²) in [6.07, 6.45) is 4.07. The van der Waals surface area contributed by atoms with Gasteiger partial charge in [0.1, 0.15) is 5.75 Å². The van der Waals surface area contributed by atoms with Crippen LogP contribution in [0.25, 0.3) is 10.9 Å². The Hall–Kier alpha value is -3.91. The molecule has 0 atom stereocenters. The fraction of sp³-hybridized carbons (Fsp3) is 0.267. The molecule has 1 saturated heterocycles. The van der Waals surface area contributed by atoms with Crippen molar-refractivity contribution in [1.82, 2.24) is 9.88 Å². The number of sulfone groups is 1. The highest BCUT2D eigenvalue weighted by Crippen LogP contribution is 2.29. The summed E-state index contributed by atoms with van der Waals surface area (Å²) >= 11 is 0. The maximum Gasteiger partial charge on any atom is 0.239 e. The van der Waals surface area contributed by atoms with Gasteiger partial charge in [-0.3, -0.25) is 9.59 Å². The molecule has 5 rings (SSSR count). The number of hydrogen-bond donors (Lipinski definition) is 2. The van der Waals surface area contributed by atoms with E-state index in [0.717, 1.165) is 40.4 Å². The second kappa shape index (κ2) is 10.8. The number of hydrogen-bond acceptors (Lipinski definition) is 4. The van der Waals surface area contributed by atoms with Crippen molar-refractivity contribution >= 4 is 38.2 Å². The number of para-hydroxylation sites is 1. The molecular formula is C30H31N3O4S. The average Bonchev–Trinajstić information content (AvgIpc) is 3.32. The van der Waals surface area contributed by atoms with Crippen molar-refractivity contribution in [2.75, 3.05) is 24.2 Å². The molecule has 8 heteroatoms. The van der Waals surface area contributed by atoms with Gasteiger partial charge in [-0.05, 0) is 67.1 Å². The third-order valence-corrected chi connectivity index (χ3v) is 8.86. The number of amides is 2. The van der Waals surface area contributed by atoms with E-state index in [9.17, 15) is 18.0 Å². The molecule has 1 aromatic heterocycles. The largest absolute Gasteiger partial charge is 0.361 e. The number of fused-ring (bicyclic) bond motifs is 1. The number of carbonyl (C=O) groups is 2. The number of H-pyrrole nitrogens is 1. The Morgan fingerprint density at radius 3 is 2.34 bits per heavy atom. The first-order chi connectivity index (χ1) is 18.3. The van der Waals surface area contributed by atoms with Crippen LogP contribution in [0.5, 0.6) is 0 Å². The molecule has 2 heterocycles. The zero-order chi connectivity index (χ0) is 26.7. The maximum absolute atomic E-state index is 12.9. The van der Waals surface area contributed by atoms with Crippen molar-refractivity contribution in [2.45, 2.75) is 37.0 Å². The number of aromatic amines is 1. The fourth-order valence-corrected chi connectivity index (χ4v) is 6.19. The Kier molecular flexibility index (Phi) is 7.33. The molecule has 196 valence electrons. The van der Waals surface area contributed by atoms with E-state index in [-0.39, 0.29) is 10.8 Å². The molecule has 0 radical (unpaired) electrons. The first kappa shape index (κ1) is 25.7. The summed E-state index contributed by atoms with van der Waals surface area (Å²) in [4.78, 5) is 30.7. The first-order valence-electron chi connectivity index (χ1n) is 12.8. The SMILES string of the molecule is Cc1ccc(S(=O)(=O)CC(=O)Nc2ccc(C3CCN(C(=O)Cc4c[nH]c5ccccc45)CC3)cc2)cc1. The molecule has 0 bridgehead atoms. The highest BCUT2D eigenvalue weighted by Gasteiger charge is 2.25. The Morgan fingerprint density at radius 2 is 1.63 bits per heavy atom. The van der Waals surface area contributed by atoms with Gasteiger partial charge in [-0.1, -0.05) is 48.0 Å². The average molecular weight is 530 g/mol.